The van der Waals surface area contributed by atoms with Crippen LogP contribution in [0.15, 0.2) is 53.0 Å². The van der Waals surface area contributed by atoms with Gasteiger partial charge in [0.25, 0.3) is 11.8 Å². The highest BCUT2D eigenvalue weighted by atomic mass is 79.9. The number of rotatable bonds is 4. The van der Waals surface area contributed by atoms with Gasteiger partial charge in [0.1, 0.15) is 0 Å². The molecule has 2 N–H and O–H groups in total. The standard InChI is InChI=1S/C24H20BrF3N6O2/c1-13-11-15-3-2-4-17(19(15)29-13)23(36)33-9-10-34-18(12-33)20(31-32-34)22(35)30-21(24(26,27)28)14-5-7-16(25)8-6-14/h2-8,11,21,29H,9-10,12H2,1H3,(H,30,35). The first-order chi connectivity index (χ1) is 17.1. The Hall–Kier alpha value is -3.67. The highest BCUT2D eigenvalue weighted by Crippen LogP contribution is 2.33. The molecule has 1 aliphatic rings. The molecule has 2 amide bonds. The zero-order chi connectivity index (χ0) is 25.6. The molecule has 1 atom stereocenters. The fourth-order valence-corrected chi connectivity index (χ4v) is 4.61. The number of aryl methyl sites for hydroxylation is 1. The number of H-pyrrole nitrogens is 1. The van der Waals surface area contributed by atoms with Crippen molar-refractivity contribution in [2.75, 3.05) is 6.54 Å². The quantitative estimate of drug-likeness (QED) is 0.383. The normalized spacial score (nSPS) is 14.5. The van der Waals surface area contributed by atoms with Crippen LogP contribution in [0.2, 0.25) is 0 Å². The number of carbonyl (C=O) groups excluding carboxylic acids is 2. The monoisotopic (exact) mass is 560 g/mol. The number of nitrogens with zero attached hydrogens (tertiary/aromatic N) is 4. The number of para-hydroxylation sites is 1. The van der Waals surface area contributed by atoms with E-state index in [4.69, 9.17) is 0 Å². The highest BCUT2D eigenvalue weighted by Gasteiger charge is 2.43. The fraction of sp³-hybridized carbons (Fsp3) is 0.250. The minimum atomic E-state index is -4.73. The Balaban J connectivity index is 1.40. The number of aromatic nitrogens is 4. The van der Waals surface area contributed by atoms with Crippen molar-refractivity contribution in [3.63, 3.8) is 0 Å². The number of alkyl halides is 3. The van der Waals surface area contributed by atoms with Crippen LogP contribution < -0.4 is 5.32 Å². The highest BCUT2D eigenvalue weighted by molar-refractivity contribution is 9.10. The maximum atomic E-state index is 13.8. The molecule has 4 aromatic rings. The third-order valence-corrected chi connectivity index (χ3v) is 6.62. The largest absolute Gasteiger partial charge is 0.412 e. The number of amides is 2. The Morgan fingerprint density at radius 1 is 1.14 bits per heavy atom. The average Bonchev–Trinajstić information content (AvgIpc) is 3.44. The molecule has 186 valence electrons. The zero-order valence-electron chi connectivity index (χ0n) is 18.9. The first kappa shape index (κ1) is 24.0. The van der Waals surface area contributed by atoms with Crippen LogP contribution in [0.3, 0.4) is 0 Å². The second-order valence-corrected chi connectivity index (χ2v) is 9.47. The van der Waals surface area contributed by atoms with Crippen molar-refractivity contribution in [2.24, 2.45) is 0 Å². The Kier molecular flexibility index (Phi) is 6.07. The van der Waals surface area contributed by atoms with Gasteiger partial charge >= 0.3 is 6.18 Å². The van der Waals surface area contributed by atoms with Crippen LogP contribution in [0, 0.1) is 6.92 Å². The van der Waals surface area contributed by atoms with Crippen molar-refractivity contribution in [1.29, 1.82) is 0 Å². The molecule has 8 nitrogen and oxygen atoms in total. The van der Waals surface area contributed by atoms with Gasteiger partial charge in [0.2, 0.25) is 0 Å². The molecule has 1 unspecified atom stereocenters. The molecule has 0 saturated carbocycles. The van der Waals surface area contributed by atoms with Crippen LogP contribution in [0.5, 0.6) is 0 Å². The van der Waals surface area contributed by atoms with Gasteiger partial charge in [-0.2, -0.15) is 13.2 Å². The van der Waals surface area contributed by atoms with E-state index in [-0.39, 0.29) is 35.9 Å². The van der Waals surface area contributed by atoms with Gasteiger partial charge in [-0.3, -0.25) is 9.59 Å². The Morgan fingerprint density at radius 3 is 2.61 bits per heavy atom. The van der Waals surface area contributed by atoms with E-state index in [0.29, 0.717) is 22.1 Å². The summed E-state index contributed by atoms with van der Waals surface area (Å²) in [5, 5.41) is 10.7. The average molecular weight is 561 g/mol. The SMILES string of the molecule is Cc1cc2cccc(C(=O)N3CCn4nnc(C(=O)NC(c5ccc(Br)cc5)C(F)(F)F)c4C3)c2[nH]1. The lowest BCUT2D eigenvalue weighted by Crippen LogP contribution is -2.41. The molecule has 1 aliphatic heterocycles. The van der Waals surface area contributed by atoms with Crippen LogP contribution in [0.25, 0.3) is 10.9 Å². The third-order valence-electron chi connectivity index (χ3n) is 6.09. The number of aromatic amines is 1. The van der Waals surface area contributed by atoms with E-state index in [2.05, 4.69) is 31.2 Å². The predicted molar refractivity (Wildman–Crippen MR) is 128 cm³/mol. The number of fused-ring (bicyclic) bond motifs is 2. The number of benzene rings is 2. The summed E-state index contributed by atoms with van der Waals surface area (Å²) in [5.41, 5.74) is 2.00. The van der Waals surface area contributed by atoms with Gasteiger partial charge in [-0.25, -0.2) is 4.68 Å². The van der Waals surface area contributed by atoms with Gasteiger partial charge in [0, 0.05) is 22.1 Å². The lowest BCUT2D eigenvalue weighted by molar-refractivity contribution is -0.155. The molecule has 0 fully saturated rings. The Bertz CT molecular complexity index is 1460. The summed E-state index contributed by atoms with van der Waals surface area (Å²) in [4.78, 5) is 31.0. The van der Waals surface area contributed by atoms with Crippen molar-refractivity contribution in [1.82, 2.24) is 30.2 Å². The number of nitrogens with one attached hydrogen (secondary N) is 2. The molecule has 0 saturated heterocycles. The van der Waals surface area contributed by atoms with Gasteiger partial charge in [-0.15, -0.1) is 5.10 Å². The zero-order valence-corrected chi connectivity index (χ0v) is 20.5. The van der Waals surface area contributed by atoms with Crippen LogP contribution >= 0.6 is 15.9 Å². The third kappa shape index (κ3) is 4.48. The van der Waals surface area contributed by atoms with E-state index in [9.17, 15) is 22.8 Å². The summed E-state index contributed by atoms with van der Waals surface area (Å²) in [6.45, 7) is 2.46. The lowest BCUT2D eigenvalue weighted by atomic mass is 10.1. The van der Waals surface area contributed by atoms with Crippen molar-refractivity contribution < 1.29 is 22.8 Å². The first-order valence-corrected chi connectivity index (χ1v) is 11.8. The summed E-state index contributed by atoms with van der Waals surface area (Å²) >= 11 is 3.19. The molecule has 36 heavy (non-hydrogen) atoms. The maximum Gasteiger partial charge on any atom is 0.412 e. The second kappa shape index (κ2) is 9.08. The second-order valence-electron chi connectivity index (χ2n) is 8.56. The Labute approximate surface area is 211 Å². The van der Waals surface area contributed by atoms with Gasteiger partial charge < -0.3 is 15.2 Å². The van der Waals surface area contributed by atoms with Crippen LogP contribution in [0.4, 0.5) is 13.2 Å². The van der Waals surface area contributed by atoms with Crippen LogP contribution in [-0.2, 0) is 13.1 Å². The Morgan fingerprint density at radius 2 is 1.89 bits per heavy atom. The summed E-state index contributed by atoms with van der Waals surface area (Å²) in [6.07, 6.45) is -4.73. The van der Waals surface area contributed by atoms with Crippen molar-refractivity contribution in [3.8, 4) is 0 Å². The maximum absolute atomic E-state index is 13.8. The summed E-state index contributed by atoms with van der Waals surface area (Å²) in [6, 6.07) is 10.6. The number of carbonyl (C=O) groups is 2. The molecule has 3 heterocycles. The summed E-state index contributed by atoms with van der Waals surface area (Å²) in [7, 11) is 0. The van der Waals surface area contributed by atoms with Crippen molar-refractivity contribution in [3.05, 3.63) is 81.2 Å². The number of hydrogen-bond donors (Lipinski definition) is 2. The molecule has 12 heteroatoms. The molecule has 0 radical (unpaired) electrons. The smallest absolute Gasteiger partial charge is 0.358 e. The van der Waals surface area contributed by atoms with Gasteiger partial charge in [0.15, 0.2) is 11.7 Å². The van der Waals surface area contributed by atoms with Crippen LogP contribution in [-0.4, -0.2) is 49.4 Å². The predicted octanol–water partition coefficient (Wildman–Crippen LogP) is 4.52. The van der Waals surface area contributed by atoms with Crippen molar-refractivity contribution in [2.45, 2.75) is 32.2 Å². The molecule has 2 aromatic heterocycles. The minimum Gasteiger partial charge on any atom is -0.358 e. The molecule has 2 aromatic carbocycles. The number of halogens is 4. The van der Waals surface area contributed by atoms with E-state index in [1.54, 1.807) is 12.1 Å². The van der Waals surface area contributed by atoms with E-state index < -0.39 is 18.1 Å². The van der Waals surface area contributed by atoms with E-state index in [1.807, 2.05) is 24.4 Å². The molecule has 0 bridgehead atoms. The van der Waals surface area contributed by atoms with Gasteiger partial charge in [-0.1, -0.05) is 45.4 Å². The van der Waals surface area contributed by atoms with Gasteiger partial charge in [0.05, 0.1) is 29.9 Å². The molecule has 0 aliphatic carbocycles. The molecular formula is C24H20BrF3N6O2. The number of hydrogen-bond acceptors (Lipinski definition) is 4. The van der Waals surface area contributed by atoms with Crippen molar-refractivity contribution >= 4 is 38.6 Å². The van der Waals surface area contributed by atoms with E-state index >= 15 is 0 Å². The summed E-state index contributed by atoms with van der Waals surface area (Å²) < 4.78 is 43.5. The van der Waals surface area contributed by atoms with E-state index in [0.717, 1.165) is 11.1 Å². The lowest BCUT2D eigenvalue weighted by Gasteiger charge is -2.28. The molecule has 5 rings (SSSR count). The first-order valence-electron chi connectivity index (χ1n) is 11.0. The fourth-order valence-electron chi connectivity index (χ4n) is 4.35. The molecular weight excluding hydrogens is 541 g/mol. The van der Waals surface area contributed by atoms with Gasteiger partial charge in [-0.05, 0) is 36.8 Å². The van der Waals surface area contributed by atoms with E-state index in [1.165, 1.54) is 33.8 Å². The minimum absolute atomic E-state index is 0.0143. The summed E-state index contributed by atoms with van der Waals surface area (Å²) in [5.74, 6) is -1.28. The molecule has 0 spiro atoms. The topological polar surface area (TPSA) is 95.9 Å². The van der Waals surface area contributed by atoms with Crippen LogP contribution in [0.1, 0.15) is 43.8 Å².